The number of ether oxygens (including phenoxy) is 3. The highest BCUT2D eigenvalue weighted by Gasteiger charge is 2.29. The molecule has 0 saturated carbocycles. The summed E-state index contributed by atoms with van der Waals surface area (Å²) in [6.45, 7) is 7.32. The highest BCUT2D eigenvalue weighted by atomic mass is 16.7. The van der Waals surface area contributed by atoms with Crippen molar-refractivity contribution in [1.82, 2.24) is 24.6 Å². The molecule has 1 saturated heterocycles. The number of hydrogen-bond donors (Lipinski definition) is 1. The van der Waals surface area contributed by atoms with Gasteiger partial charge in [0.1, 0.15) is 23.5 Å². The largest absolute Gasteiger partial charge is 0.457 e. The number of aromatic nitrogens is 4. The van der Waals surface area contributed by atoms with Crippen molar-refractivity contribution in [3.63, 3.8) is 0 Å². The van der Waals surface area contributed by atoms with Crippen LogP contribution in [0.1, 0.15) is 32.7 Å². The molecule has 2 atom stereocenters. The number of amides is 2. The third-order valence-corrected chi connectivity index (χ3v) is 6.65. The van der Waals surface area contributed by atoms with Gasteiger partial charge in [0.2, 0.25) is 12.2 Å². The number of anilines is 1. The summed E-state index contributed by atoms with van der Waals surface area (Å²) in [6.07, 6.45) is 2.21. The molecule has 1 unspecified atom stereocenters. The molecule has 2 aromatic carbocycles. The van der Waals surface area contributed by atoms with Crippen LogP contribution >= 0.6 is 0 Å². The molecule has 2 aromatic heterocycles. The van der Waals surface area contributed by atoms with Crippen LogP contribution in [0, 0.1) is 0 Å². The van der Waals surface area contributed by atoms with Crippen molar-refractivity contribution < 1.29 is 28.6 Å². The van der Waals surface area contributed by atoms with Gasteiger partial charge in [-0.05, 0) is 55.3 Å². The fourth-order valence-corrected chi connectivity index (χ4v) is 4.85. The first-order chi connectivity index (χ1) is 20.3. The number of carbonyl (C=O) groups excluding carboxylic acids is 3. The zero-order valence-electron chi connectivity index (χ0n) is 23.2. The van der Waals surface area contributed by atoms with E-state index in [1.807, 2.05) is 54.6 Å². The number of piperidine rings is 1. The van der Waals surface area contributed by atoms with Gasteiger partial charge in [-0.1, -0.05) is 24.8 Å². The molecule has 12 nitrogen and oxygen atoms in total. The number of likely N-dealkylation sites (tertiary alicyclic amines) is 1. The number of para-hydroxylation sites is 1. The van der Waals surface area contributed by atoms with E-state index in [-0.39, 0.29) is 17.8 Å². The van der Waals surface area contributed by atoms with Gasteiger partial charge in [-0.2, -0.15) is 5.10 Å². The first-order valence-electron chi connectivity index (χ1n) is 13.4. The van der Waals surface area contributed by atoms with Crippen LogP contribution in [0.2, 0.25) is 0 Å². The minimum Gasteiger partial charge on any atom is -0.457 e. The van der Waals surface area contributed by atoms with Gasteiger partial charge in [0.25, 0.3) is 0 Å². The van der Waals surface area contributed by atoms with Crippen molar-refractivity contribution in [2.24, 2.45) is 0 Å². The molecule has 216 valence electrons. The lowest BCUT2D eigenvalue weighted by atomic mass is 10.1. The standard InChI is InChI=1S/C30H30N6O6/c1-4-25(38)35-16-8-9-22(17-35)36-29-26(28(31-18-32-29)33-30(39)41-20(3)40-19(2)37)27(34-36)21-12-14-24(15-13-21)42-23-10-6-5-7-11-23/h4-7,10-15,18,20,22H,1,8-9,16-17H2,2-3H3,(H,31,32,33,39)/t20?,22-/m1/s1. The van der Waals surface area contributed by atoms with Crippen molar-refractivity contribution in [3.05, 3.63) is 73.6 Å². The Labute approximate surface area is 241 Å². The smallest absolute Gasteiger partial charge is 0.415 e. The van der Waals surface area contributed by atoms with Crippen LogP contribution in [0.25, 0.3) is 22.3 Å². The monoisotopic (exact) mass is 570 g/mol. The lowest BCUT2D eigenvalue weighted by Gasteiger charge is -2.32. The Morgan fingerprint density at radius 1 is 1.05 bits per heavy atom. The Balaban J connectivity index is 1.52. The van der Waals surface area contributed by atoms with Crippen molar-refractivity contribution in [2.75, 3.05) is 18.4 Å². The van der Waals surface area contributed by atoms with Gasteiger partial charge in [-0.3, -0.25) is 14.9 Å². The second-order valence-electron chi connectivity index (χ2n) is 9.65. The molecule has 0 bridgehead atoms. The van der Waals surface area contributed by atoms with Gasteiger partial charge < -0.3 is 19.1 Å². The molecule has 5 rings (SSSR count). The highest BCUT2D eigenvalue weighted by Crippen LogP contribution is 2.36. The van der Waals surface area contributed by atoms with Gasteiger partial charge in [-0.15, -0.1) is 0 Å². The summed E-state index contributed by atoms with van der Waals surface area (Å²) >= 11 is 0. The van der Waals surface area contributed by atoms with E-state index in [0.717, 1.165) is 18.4 Å². The Kier molecular flexibility index (Phi) is 8.42. The number of carbonyl (C=O) groups is 3. The Bertz CT molecular complexity index is 1600. The van der Waals surface area contributed by atoms with E-state index < -0.39 is 18.4 Å². The van der Waals surface area contributed by atoms with Crippen molar-refractivity contribution in [2.45, 2.75) is 39.0 Å². The molecule has 1 aliphatic heterocycles. The van der Waals surface area contributed by atoms with Crippen LogP contribution in [0.3, 0.4) is 0 Å². The SMILES string of the molecule is C=CC(=O)N1CCC[C@@H](n2nc(-c3ccc(Oc4ccccc4)cc3)c3c(NC(=O)OC(C)OC(C)=O)ncnc32)C1. The average Bonchev–Trinajstić information content (AvgIpc) is 3.38. The van der Waals surface area contributed by atoms with Crippen LogP contribution in [0.5, 0.6) is 11.5 Å². The molecule has 3 heterocycles. The summed E-state index contributed by atoms with van der Waals surface area (Å²) < 4.78 is 17.8. The summed E-state index contributed by atoms with van der Waals surface area (Å²) in [5.74, 6) is 0.779. The van der Waals surface area contributed by atoms with Gasteiger partial charge in [0, 0.05) is 32.5 Å². The van der Waals surface area contributed by atoms with Crippen molar-refractivity contribution in [3.8, 4) is 22.8 Å². The minimum atomic E-state index is -1.10. The number of nitrogens with zero attached hydrogens (tertiary/aromatic N) is 5. The Hall–Kier alpha value is -5.26. The van der Waals surface area contributed by atoms with Gasteiger partial charge in [-0.25, -0.2) is 19.4 Å². The first kappa shape index (κ1) is 28.3. The molecule has 4 aromatic rings. The van der Waals surface area contributed by atoms with Gasteiger partial charge >= 0.3 is 12.1 Å². The Morgan fingerprint density at radius 3 is 2.50 bits per heavy atom. The molecule has 0 radical (unpaired) electrons. The maximum Gasteiger partial charge on any atom is 0.415 e. The molecule has 0 spiro atoms. The fourth-order valence-electron chi connectivity index (χ4n) is 4.85. The first-order valence-corrected chi connectivity index (χ1v) is 13.4. The van der Waals surface area contributed by atoms with Crippen LogP contribution in [0.15, 0.2) is 73.6 Å². The van der Waals surface area contributed by atoms with E-state index in [0.29, 0.717) is 41.3 Å². The molecule has 42 heavy (non-hydrogen) atoms. The van der Waals surface area contributed by atoms with Crippen LogP contribution in [-0.4, -0.2) is 62.0 Å². The lowest BCUT2D eigenvalue weighted by Crippen LogP contribution is -2.40. The number of fused-ring (bicyclic) bond motifs is 1. The maximum atomic E-state index is 12.7. The number of esters is 1. The van der Waals surface area contributed by atoms with E-state index >= 15 is 0 Å². The topological polar surface area (TPSA) is 138 Å². The summed E-state index contributed by atoms with van der Waals surface area (Å²) in [5.41, 5.74) is 1.73. The minimum absolute atomic E-state index is 0.146. The molecule has 1 aliphatic rings. The fraction of sp³-hybridized carbons (Fsp3) is 0.267. The third kappa shape index (κ3) is 6.38. The zero-order chi connectivity index (χ0) is 29.6. The summed E-state index contributed by atoms with van der Waals surface area (Å²) in [6, 6.07) is 16.6. The third-order valence-electron chi connectivity index (χ3n) is 6.65. The Morgan fingerprint density at radius 2 is 1.79 bits per heavy atom. The number of benzene rings is 2. The molecular weight excluding hydrogens is 540 g/mol. The second-order valence-corrected chi connectivity index (χ2v) is 9.65. The summed E-state index contributed by atoms with van der Waals surface area (Å²) in [5, 5.41) is 8.05. The number of hydrogen-bond acceptors (Lipinski definition) is 9. The average molecular weight is 571 g/mol. The van der Waals surface area contributed by atoms with Crippen molar-refractivity contribution in [1.29, 1.82) is 0 Å². The van der Waals surface area contributed by atoms with E-state index in [9.17, 15) is 14.4 Å². The van der Waals surface area contributed by atoms with Gasteiger partial charge in [0.15, 0.2) is 11.5 Å². The number of rotatable bonds is 8. The lowest BCUT2D eigenvalue weighted by molar-refractivity contribution is -0.161. The van der Waals surface area contributed by atoms with Crippen LogP contribution in [0.4, 0.5) is 10.6 Å². The molecule has 1 N–H and O–H groups in total. The normalized spacial score (nSPS) is 15.5. The van der Waals surface area contributed by atoms with E-state index in [4.69, 9.17) is 19.3 Å². The number of nitrogens with one attached hydrogen (secondary N) is 1. The molecule has 0 aliphatic carbocycles. The summed E-state index contributed by atoms with van der Waals surface area (Å²) in [4.78, 5) is 46.8. The summed E-state index contributed by atoms with van der Waals surface area (Å²) in [7, 11) is 0. The van der Waals surface area contributed by atoms with Gasteiger partial charge in [0.05, 0.1) is 11.4 Å². The highest BCUT2D eigenvalue weighted by molar-refractivity contribution is 6.03. The quantitative estimate of drug-likeness (QED) is 0.174. The van der Waals surface area contributed by atoms with E-state index in [1.165, 1.54) is 26.3 Å². The van der Waals surface area contributed by atoms with Crippen LogP contribution < -0.4 is 10.1 Å². The predicted molar refractivity (Wildman–Crippen MR) is 154 cm³/mol. The van der Waals surface area contributed by atoms with Crippen molar-refractivity contribution >= 4 is 34.8 Å². The van der Waals surface area contributed by atoms with Crippen LogP contribution in [-0.2, 0) is 19.1 Å². The maximum absolute atomic E-state index is 12.7. The zero-order valence-corrected chi connectivity index (χ0v) is 23.2. The predicted octanol–water partition coefficient (Wildman–Crippen LogP) is 5.09. The van der Waals surface area contributed by atoms with E-state index in [2.05, 4.69) is 21.9 Å². The molecule has 2 amide bonds. The molecule has 1 fully saturated rings. The molecular formula is C30H30N6O6. The molecule has 12 heteroatoms. The second kappa shape index (κ2) is 12.5. The van der Waals surface area contributed by atoms with E-state index in [1.54, 1.807) is 9.58 Å².